The Morgan fingerprint density at radius 3 is 1.59 bits per heavy atom. The first kappa shape index (κ1) is 19.2. The van der Waals surface area contributed by atoms with Crippen LogP contribution in [0.4, 0.5) is 0 Å². The van der Waals surface area contributed by atoms with Gasteiger partial charge in [-0.15, -0.1) is 0 Å². The Morgan fingerprint density at radius 2 is 1.09 bits per heavy atom. The summed E-state index contributed by atoms with van der Waals surface area (Å²) in [5.41, 5.74) is 5.86. The van der Waals surface area contributed by atoms with Gasteiger partial charge in [-0.25, -0.2) is 0 Å². The molecule has 0 heterocycles. The van der Waals surface area contributed by atoms with Gasteiger partial charge in [0.15, 0.2) is 0 Å². The van der Waals surface area contributed by atoms with Crippen LogP contribution < -0.4 is 0 Å². The quantitative estimate of drug-likeness (QED) is 0.558. The molecule has 0 aliphatic carbocycles. The van der Waals surface area contributed by atoms with E-state index in [0.717, 1.165) is 32.1 Å². The van der Waals surface area contributed by atoms with Crippen molar-refractivity contribution in [2.45, 2.75) is 78.1 Å². The molecule has 0 aliphatic rings. The minimum absolute atomic E-state index is 0.324. The molecule has 1 aromatic rings. The van der Waals surface area contributed by atoms with Gasteiger partial charge < -0.3 is 10.2 Å². The van der Waals surface area contributed by atoms with Gasteiger partial charge in [0, 0.05) is 13.2 Å². The van der Waals surface area contributed by atoms with E-state index >= 15 is 0 Å². The van der Waals surface area contributed by atoms with Crippen LogP contribution in [0.2, 0.25) is 0 Å². The predicted octanol–water partition coefficient (Wildman–Crippen LogP) is 4.49. The molecular formula is C20H34O2. The minimum atomic E-state index is 0.324. The molecule has 0 saturated carbocycles. The number of hydrogen-bond donors (Lipinski definition) is 2. The van der Waals surface area contributed by atoms with Gasteiger partial charge >= 0.3 is 0 Å². The number of benzene rings is 1. The van der Waals surface area contributed by atoms with E-state index in [9.17, 15) is 0 Å². The molecule has 0 aliphatic heterocycles. The summed E-state index contributed by atoms with van der Waals surface area (Å²) in [5.74, 6) is 0. The van der Waals surface area contributed by atoms with Crippen molar-refractivity contribution in [3.05, 3.63) is 34.4 Å². The lowest BCUT2D eigenvalue weighted by molar-refractivity contribution is 0.282. The zero-order valence-electron chi connectivity index (χ0n) is 14.5. The highest BCUT2D eigenvalue weighted by molar-refractivity contribution is 5.38. The largest absolute Gasteiger partial charge is 0.396 e. The lowest BCUT2D eigenvalue weighted by Gasteiger charge is -2.13. The van der Waals surface area contributed by atoms with Gasteiger partial charge in [0.05, 0.1) is 0 Å². The summed E-state index contributed by atoms with van der Waals surface area (Å²) in [5, 5.41) is 17.6. The third kappa shape index (κ3) is 7.42. The second-order valence-electron chi connectivity index (χ2n) is 6.48. The van der Waals surface area contributed by atoms with Gasteiger partial charge in [-0.3, -0.25) is 0 Å². The first-order valence-electron chi connectivity index (χ1n) is 8.99. The van der Waals surface area contributed by atoms with Crippen LogP contribution in [-0.2, 0) is 12.8 Å². The van der Waals surface area contributed by atoms with E-state index in [-0.39, 0.29) is 0 Å². The van der Waals surface area contributed by atoms with E-state index in [1.807, 2.05) is 0 Å². The lowest BCUT2D eigenvalue weighted by atomic mass is 9.93. The molecule has 0 unspecified atom stereocenters. The first-order chi connectivity index (χ1) is 10.7. The smallest absolute Gasteiger partial charge is 0.0431 e. The third-order valence-corrected chi connectivity index (χ3v) is 4.46. The van der Waals surface area contributed by atoms with Crippen LogP contribution in [0.1, 0.15) is 73.6 Å². The van der Waals surface area contributed by atoms with Gasteiger partial charge in [0.1, 0.15) is 0 Å². The van der Waals surface area contributed by atoms with Crippen LogP contribution in [0, 0.1) is 13.8 Å². The molecule has 0 saturated heterocycles. The number of aryl methyl sites for hydroxylation is 3. The molecule has 0 aromatic heterocycles. The monoisotopic (exact) mass is 306 g/mol. The van der Waals surface area contributed by atoms with Gasteiger partial charge in [-0.05, 0) is 74.6 Å². The highest BCUT2D eigenvalue weighted by Crippen LogP contribution is 2.21. The number of hydrogen-bond acceptors (Lipinski definition) is 2. The average molecular weight is 306 g/mol. The van der Waals surface area contributed by atoms with Crippen molar-refractivity contribution in [3.8, 4) is 0 Å². The maximum absolute atomic E-state index is 8.81. The molecule has 1 aromatic carbocycles. The second-order valence-corrected chi connectivity index (χ2v) is 6.48. The molecule has 1 rings (SSSR count). The molecule has 0 amide bonds. The van der Waals surface area contributed by atoms with E-state index in [1.165, 1.54) is 54.4 Å². The van der Waals surface area contributed by atoms with Crippen molar-refractivity contribution in [1.29, 1.82) is 0 Å². The van der Waals surface area contributed by atoms with Gasteiger partial charge in [0.2, 0.25) is 0 Å². The summed E-state index contributed by atoms with van der Waals surface area (Å²) < 4.78 is 0. The lowest BCUT2D eigenvalue weighted by Crippen LogP contribution is -1.98. The Balaban J connectivity index is 2.42. The molecule has 0 fully saturated rings. The summed E-state index contributed by atoms with van der Waals surface area (Å²) >= 11 is 0. The molecule has 126 valence electrons. The molecule has 0 radical (unpaired) electrons. The Labute approximate surface area is 136 Å². The standard InChI is InChI=1S/C20H34O2/c1-17-15-19(11-7-3-5-9-13-21)16-18(2)20(17)12-8-4-6-10-14-22/h15-16,21-22H,3-14H2,1-2H3. The fourth-order valence-electron chi connectivity index (χ4n) is 3.18. The first-order valence-corrected chi connectivity index (χ1v) is 8.99. The number of rotatable bonds is 12. The van der Waals surface area contributed by atoms with E-state index in [1.54, 1.807) is 0 Å². The molecule has 22 heavy (non-hydrogen) atoms. The Morgan fingerprint density at radius 1 is 0.636 bits per heavy atom. The molecule has 0 bridgehead atoms. The van der Waals surface area contributed by atoms with E-state index < -0.39 is 0 Å². The fraction of sp³-hybridized carbons (Fsp3) is 0.700. The summed E-state index contributed by atoms with van der Waals surface area (Å²) in [6.07, 6.45) is 11.4. The van der Waals surface area contributed by atoms with E-state index in [0.29, 0.717) is 13.2 Å². The summed E-state index contributed by atoms with van der Waals surface area (Å²) in [6.45, 7) is 5.13. The van der Waals surface area contributed by atoms with Crippen molar-refractivity contribution in [1.82, 2.24) is 0 Å². The molecular weight excluding hydrogens is 272 g/mol. The fourth-order valence-corrected chi connectivity index (χ4v) is 3.18. The van der Waals surface area contributed by atoms with Gasteiger partial charge in [-0.2, -0.15) is 0 Å². The van der Waals surface area contributed by atoms with Crippen LogP contribution in [0.3, 0.4) is 0 Å². The van der Waals surface area contributed by atoms with Crippen LogP contribution in [0.25, 0.3) is 0 Å². The number of unbranched alkanes of at least 4 members (excludes halogenated alkanes) is 6. The van der Waals surface area contributed by atoms with Crippen molar-refractivity contribution >= 4 is 0 Å². The molecule has 2 heteroatoms. The Hall–Kier alpha value is -0.860. The topological polar surface area (TPSA) is 40.5 Å². The second kappa shape index (κ2) is 11.7. The highest BCUT2D eigenvalue weighted by Gasteiger charge is 2.05. The van der Waals surface area contributed by atoms with Crippen LogP contribution in [0.5, 0.6) is 0 Å². The number of aliphatic hydroxyl groups is 2. The van der Waals surface area contributed by atoms with Crippen molar-refractivity contribution in [2.24, 2.45) is 0 Å². The average Bonchev–Trinajstić information content (AvgIpc) is 2.49. The van der Waals surface area contributed by atoms with E-state index in [4.69, 9.17) is 10.2 Å². The summed E-state index contributed by atoms with van der Waals surface area (Å²) in [4.78, 5) is 0. The van der Waals surface area contributed by atoms with Crippen molar-refractivity contribution < 1.29 is 10.2 Å². The van der Waals surface area contributed by atoms with Crippen LogP contribution in [0.15, 0.2) is 12.1 Å². The minimum Gasteiger partial charge on any atom is -0.396 e. The third-order valence-electron chi connectivity index (χ3n) is 4.46. The van der Waals surface area contributed by atoms with Crippen molar-refractivity contribution in [2.75, 3.05) is 13.2 Å². The maximum Gasteiger partial charge on any atom is 0.0431 e. The Bertz CT molecular complexity index is 389. The van der Waals surface area contributed by atoms with Crippen molar-refractivity contribution in [3.63, 3.8) is 0 Å². The summed E-state index contributed by atoms with van der Waals surface area (Å²) in [7, 11) is 0. The van der Waals surface area contributed by atoms with Crippen LogP contribution >= 0.6 is 0 Å². The molecule has 0 atom stereocenters. The Kier molecular flexibility index (Phi) is 10.2. The maximum atomic E-state index is 8.81. The molecule has 2 N–H and O–H groups in total. The normalized spacial score (nSPS) is 11.1. The zero-order valence-corrected chi connectivity index (χ0v) is 14.5. The predicted molar refractivity (Wildman–Crippen MR) is 94.4 cm³/mol. The SMILES string of the molecule is Cc1cc(CCCCCCO)cc(C)c1CCCCCCO. The van der Waals surface area contributed by atoms with E-state index in [2.05, 4.69) is 26.0 Å². The zero-order chi connectivity index (χ0) is 16.2. The van der Waals surface area contributed by atoms with Crippen LogP contribution in [-0.4, -0.2) is 23.4 Å². The highest BCUT2D eigenvalue weighted by atomic mass is 16.3. The van der Waals surface area contributed by atoms with Gasteiger partial charge in [0.25, 0.3) is 0 Å². The molecule has 0 spiro atoms. The summed E-state index contributed by atoms with van der Waals surface area (Å²) in [6, 6.07) is 4.73. The molecule has 2 nitrogen and oxygen atoms in total. The van der Waals surface area contributed by atoms with Gasteiger partial charge in [-0.1, -0.05) is 37.8 Å². The number of aliphatic hydroxyl groups excluding tert-OH is 2.